The molecule has 0 saturated heterocycles. The Morgan fingerprint density at radius 3 is 2.38 bits per heavy atom. The van der Waals surface area contributed by atoms with Crippen LogP contribution >= 0.6 is 12.4 Å². The molecule has 0 bridgehead atoms. The number of alkyl halides is 2. The van der Waals surface area contributed by atoms with Gasteiger partial charge in [0.2, 0.25) is 0 Å². The van der Waals surface area contributed by atoms with Gasteiger partial charge in [-0.05, 0) is 6.07 Å². The van der Waals surface area contributed by atoms with E-state index in [0.717, 1.165) is 12.1 Å². The minimum atomic E-state index is -2.97. The summed E-state index contributed by atoms with van der Waals surface area (Å²) in [6, 6.07) is 0.490. The fraction of sp³-hybridized carbons (Fsp3) is 0.250. The van der Waals surface area contributed by atoms with Crippen LogP contribution in [0, 0.1) is 15.9 Å². The Kier molecular flexibility index (Phi) is 5.19. The van der Waals surface area contributed by atoms with Crippen molar-refractivity contribution in [3.05, 3.63) is 39.7 Å². The number of nitro groups is 1. The van der Waals surface area contributed by atoms with Gasteiger partial charge in [-0.2, -0.15) is 0 Å². The van der Waals surface area contributed by atoms with Crippen molar-refractivity contribution >= 4 is 18.1 Å². The summed E-state index contributed by atoms with van der Waals surface area (Å²) in [5, 5.41) is 10.3. The van der Waals surface area contributed by atoms with Crippen molar-refractivity contribution in [2.24, 2.45) is 5.73 Å². The lowest BCUT2D eigenvalue weighted by Gasteiger charge is -2.11. The first-order valence-electron chi connectivity index (χ1n) is 3.91. The molecule has 16 heavy (non-hydrogen) atoms. The van der Waals surface area contributed by atoms with Crippen LogP contribution in [0.25, 0.3) is 0 Å². The highest BCUT2D eigenvalue weighted by molar-refractivity contribution is 5.85. The number of hydrogen-bond acceptors (Lipinski definition) is 3. The van der Waals surface area contributed by atoms with Gasteiger partial charge in [-0.3, -0.25) is 10.1 Å². The van der Waals surface area contributed by atoms with E-state index >= 15 is 0 Å². The maximum absolute atomic E-state index is 13.0. The minimum Gasteiger partial charge on any atom is -0.319 e. The summed E-state index contributed by atoms with van der Waals surface area (Å²) in [5.74, 6) is -0.978. The first-order valence-corrected chi connectivity index (χ1v) is 3.91. The fourth-order valence-corrected chi connectivity index (χ4v) is 1.04. The third-order valence-electron chi connectivity index (χ3n) is 1.82. The Balaban J connectivity index is 0.00000225. The zero-order chi connectivity index (χ0) is 11.6. The van der Waals surface area contributed by atoms with E-state index in [2.05, 4.69) is 0 Å². The maximum atomic E-state index is 13.0. The molecule has 0 aliphatic carbocycles. The van der Waals surface area contributed by atoms with Gasteiger partial charge in [0.15, 0.2) is 0 Å². The summed E-state index contributed by atoms with van der Waals surface area (Å²) in [4.78, 5) is 9.51. The zero-order valence-corrected chi connectivity index (χ0v) is 8.59. The van der Waals surface area contributed by atoms with Crippen LogP contribution in [0.5, 0.6) is 0 Å². The summed E-state index contributed by atoms with van der Waals surface area (Å²) in [6.07, 6.45) is -2.97. The molecule has 0 aromatic heterocycles. The molecule has 0 spiro atoms. The lowest BCUT2D eigenvalue weighted by Crippen LogP contribution is -2.20. The summed E-state index contributed by atoms with van der Waals surface area (Å²) >= 11 is 0. The molecule has 90 valence electrons. The van der Waals surface area contributed by atoms with Gasteiger partial charge in [-0.15, -0.1) is 12.4 Å². The largest absolute Gasteiger partial charge is 0.319 e. The van der Waals surface area contributed by atoms with E-state index in [1.54, 1.807) is 0 Å². The monoisotopic (exact) mass is 256 g/mol. The molecule has 0 fully saturated rings. The van der Waals surface area contributed by atoms with Crippen LogP contribution in [0.2, 0.25) is 0 Å². The molecule has 2 N–H and O–H groups in total. The smallest absolute Gasteiger partial charge is 0.269 e. The number of halogens is 4. The van der Waals surface area contributed by atoms with Crippen LogP contribution in [0.15, 0.2) is 18.2 Å². The topological polar surface area (TPSA) is 69.2 Å². The highest BCUT2D eigenvalue weighted by atomic mass is 35.5. The molecule has 0 saturated carbocycles. The standard InChI is InChI=1S/C8H7F3N2O2.ClH/c9-6-2-1-4(13(14)15)3-5(6)7(12)8(10)11;/h1-3,7-8H,12H2;1H/t7-;/m1./s1. The Hall–Kier alpha value is -1.34. The van der Waals surface area contributed by atoms with Gasteiger partial charge in [0, 0.05) is 17.7 Å². The lowest BCUT2D eigenvalue weighted by atomic mass is 10.1. The van der Waals surface area contributed by atoms with Gasteiger partial charge < -0.3 is 5.73 Å². The molecule has 4 nitrogen and oxygen atoms in total. The Labute approximate surface area is 94.8 Å². The zero-order valence-electron chi connectivity index (χ0n) is 7.77. The Morgan fingerprint density at radius 2 is 1.94 bits per heavy atom. The van der Waals surface area contributed by atoms with Crippen molar-refractivity contribution in [2.75, 3.05) is 0 Å². The van der Waals surface area contributed by atoms with E-state index in [9.17, 15) is 23.3 Å². The molecule has 8 heteroatoms. The molecule has 0 radical (unpaired) electrons. The second-order valence-corrected chi connectivity index (χ2v) is 2.82. The van der Waals surface area contributed by atoms with Gasteiger partial charge in [-0.25, -0.2) is 13.2 Å². The third kappa shape index (κ3) is 3.07. The second-order valence-electron chi connectivity index (χ2n) is 2.82. The van der Waals surface area contributed by atoms with Crippen molar-refractivity contribution < 1.29 is 18.1 Å². The molecule has 0 aliphatic rings. The highest BCUT2D eigenvalue weighted by Gasteiger charge is 2.23. The van der Waals surface area contributed by atoms with Gasteiger partial charge in [-0.1, -0.05) is 0 Å². The normalized spacial score (nSPS) is 12.1. The first-order chi connectivity index (χ1) is 6.93. The molecular weight excluding hydrogens is 249 g/mol. The van der Waals surface area contributed by atoms with Gasteiger partial charge in [0.1, 0.15) is 5.82 Å². The molecular formula is C8H8ClF3N2O2. The summed E-state index contributed by atoms with van der Waals surface area (Å²) in [5.41, 5.74) is 3.97. The Bertz CT molecular complexity index is 390. The summed E-state index contributed by atoms with van der Waals surface area (Å²) in [6.45, 7) is 0. The van der Waals surface area contributed by atoms with Crippen molar-refractivity contribution in [1.82, 2.24) is 0 Å². The van der Waals surface area contributed by atoms with E-state index in [0.29, 0.717) is 6.07 Å². The van der Waals surface area contributed by atoms with E-state index in [-0.39, 0.29) is 12.4 Å². The molecule has 0 heterocycles. The second kappa shape index (κ2) is 5.66. The minimum absolute atomic E-state index is 0. The summed E-state index contributed by atoms with van der Waals surface area (Å²) < 4.78 is 37.3. The molecule has 0 aliphatic heterocycles. The molecule has 1 aromatic carbocycles. The average molecular weight is 257 g/mol. The van der Waals surface area contributed by atoms with Crippen molar-refractivity contribution in [1.29, 1.82) is 0 Å². The third-order valence-corrected chi connectivity index (χ3v) is 1.82. The first kappa shape index (κ1) is 14.7. The number of rotatable bonds is 3. The van der Waals surface area contributed by atoms with Crippen LogP contribution in [0.1, 0.15) is 11.6 Å². The number of non-ortho nitro benzene ring substituents is 1. The van der Waals surface area contributed by atoms with Crippen molar-refractivity contribution in [3.8, 4) is 0 Å². The summed E-state index contributed by atoms with van der Waals surface area (Å²) in [7, 11) is 0. The van der Waals surface area contributed by atoms with E-state index in [1.807, 2.05) is 0 Å². The number of nitrogens with two attached hydrogens (primary N) is 1. The number of nitro benzene ring substituents is 1. The van der Waals surface area contributed by atoms with Gasteiger partial charge in [0.25, 0.3) is 12.1 Å². The van der Waals surface area contributed by atoms with Crippen LogP contribution in [-0.4, -0.2) is 11.3 Å². The van der Waals surface area contributed by atoms with E-state index in [1.165, 1.54) is 0 Å². The maximum Gasteiger partial charge on any atom is 0.269 e. The number of nitrogens with zero attached hydrogens (tertiary/aromatic N) is 1. The fourth-order valence-electron chi connectivity index (χ4n) is 1.04. The Morgan fingerprint density at radius 1 is 1.38 bits per heavy atom. The molecule has 1 atom stereocenters. The average Bonchev–Trinajstić information content (AvgIpc) is 2.16. The molecule has 0 amide bonds. The number of hydrogen-bond donors (Lipinski definition) is 1. The SMILES string of the molecule is Cl.N[C@H](c1cc([N+](=O)[O-])ccc1F)C(F)F. The van der Waals surface area contributed by atoms with Crippen LogP contribution in [-0.2, 0) is 0 Å². The molecule has 0 unspecified atom stereocenters. The lowest BCUT2D eigenvalue weighted by molar-refractivity contribution is -0.385. The van der Waals surface area contributed by atoms with E-state index in [4.69, 9.17) is 5.73 Å². The van der Waals surface area contributed by atoms with Crippen molar-refractivity contribution in [3.63, 3.8) is 0 Å². The van der Waals surface area contributed by atoms with Crippen LogP contribution < -0.4 is 5.73 Å². The number of benzene rings is 1. The highest BCUT2D eigenvalue weighted by Crippen LogP contribution is 2.24. The van der Waals surface area contributed by atoms with E-state index < -0.39 is 34.5 Å². The van der Waals surface area contributed by atoms with Gasteiger partial charge >= 0.3 is 0 Å². The van der Waals surface area contributed by atoms with Gasteiger partial charge in [0.05, 0.1) is 11.0 Å². The predicted octanol–water partition coefficient (Wildman–Crippen LogP) is 2.42. The van der Waals surface area contributed by atoms with Crippen LogP contribution in [0.3, 0.4) is 0 Å². The van der Waals surface area contributed by atoms with Crippen molar-refractivity contribution in [2.45, 2.75) is 12.5 Å². The quantitative estimate of drug-likeness (QED) is 0.667. The molecule has 1 aromatic rings. The predicted molar refractivity (Wildman–Crippen MR) is 53.2 cm³/mol. The van der Waals surface area contributed by atoms with Crippen LogP contribution in [0.4, 0.5) is 18.9 Å². The molecule has 1 rings (SSSR count).